The first kappa shape index (κ1) is 12.9. The summed E-state index contributed by atoms with van der Waals surface area (Å²) in [6, 6.07) is 4.54. The van der Waals surface area contributed by atoms with Gasteiger partial charge in [-0.15, -0.1) is 0 Å². The number of nitrogens with two attached hydrogens (primary N) is 1. The lowest BCUT2D eigenvalue weighted by Crippen LogP contribution is -2.32. The number of rotatable bonds is 3. The lowest BCUT2D eigenvalue weighted by Gasteiger charge is -2.14. The van der Waals surface area contributed by atoms with Crippen molar-refractivity contribution in [2.24, 2.45) is 5.73 Å². The summed E-state index contributed by atoms with van der Waals surface area (Å²) in [5.74, 6) is -0.691. The molecule has 0 aromatic carbocycles. The van der Waals surface area contributed by atoms with Gasteiger partial charge in [-0.3, -0.25) is 4.79 Å². The van der Waals surface area contributed by atoms with Crippen molar-refractivity contribution in [3.8, 4) is 0 Å². The number of carbonyl (C=O) groups excluding carboxylic acids is 1. The third kappa shape index (κ3) is 2.21. The van der Waals surface area contributed by atoms with E-state index in [1.165, 1.54) is 6.07 Å². The van der Waals surface area contributed by atoms with Crippen LogP contribution in [-0.4, -0.2) is 51.1 Å². The average Bonchev–Trinajstić information content (AvgIpc) is 2.66. The summed E-state index contributed by atoms with van der Waals surface area (Å²) in [6.45, 7) is -0.412. The Morgan fingerprint density at radius 1 is 1.39 bits per heavy atom. The molecule has 1 fully saturated rings. The second kappa shape index (κ2) is 4.99. The third-order valence-corrected chi connectivity index (χ3v) is 2.86. The van der Waals surface area contributed by atoms with Gasteiger partial charge >= 0.3 is 0 Å². The first-order chi connectivity index (χ1) is 8.54. The van der Waals surface area contributed by atoms with Crippen LogP contribution in [0.3, 0.4) is 0 Å². The molecule has 2 rings (SSSR count). The van der Waals surface area contributed by atoms with Crippen LogP contribution in [0.1, 0.15) is 22.3 Å². The molecular weight excluding hydrogens is 240 g/mol. The summed E-state index contributed by atoms with van der Waals surface area (Å²) in [5.41, 5.74) is 5.44. The molecule has 0 saturated carbocycles. The Labute approximate surface area is 103 Å². The van der Waals surface area contributed by atoms with Crippen LogP contribution >= 0.6 is 0 Å². The Morgan fingerprint density at radius 2 is 2.11 bits per heavy atom. The number of aliphatic hydroxyl groups excluding tert-OH is 3. The van der Waals surface area contributed by atoms with Gasteiger partial charge < -0.3 is 25.8 Å². The number of hydrogen-bond donors (Lipinski definition) is 4. The fourth-order valence-electron chi connectivity index (χ4n) is 1.89. The van der Waals surface area contributed by atoms with Crippen molar-refractivity contribution in [1.29, 1.82) is 0 Å². The predicted molar refractivity (Wildman–Crippen MR) is 59.5 cm³/mol. The van der Waals surface area contributed by atoms with Crippen molar-refractivity contribution in [3.63, 3.8) is 0 Å². The largest absolute Gasteiger partial charge is 0.394 e. The van der Waals surface area contributed by atoms with E-state index in [0.29, 0.717) is 0 Å². The van der Waals surface area contributed by atoms with Gasteiger partial charge in [-0.2, -0.15) is 0 Å². The van der Waals surface area contributed by atoms with Crippen LogP contribution in [-0.2, 0) is 4.74 Å². The van der Waals surface area contributed by atoms with Gasteiger partial charge in [0.25, 0.3) is 5.91 Å². The van der Waals surface area contributed by atoms with E-state index < -0.39 is 36.9 Å². The molecule has 18 heavy (non-hydrogen) atoms. The molecule has 98 valence electrons. The number of nitrogens with zero attached hydrogens (tertiary/aromatic N) is 1. The first-order valence-electron chi connectivity index (χ1n) is 5.43. The number of primary amides is 1. The number of carbonyl (C=O) groups is 1. The van der Waals surface area contributed by atoms with E-state index in [4.69, 9.17) is 15.6 Å². The smallest absolute Gasteiger partial charge is 0.267 e. The lowest BCUT2D eigenvalue weighted by molar-refractivity contribution is -0.0239. The zero-order chi connectivity index (χ0) is 13.3. The zero-order valence-electron chi connectivity index (χ0n) is 9.43. The van der Waals surface area contributed by atoms with Crippen molar-refractivity contribution >= 4 is 5.91 Å². The van der Waals surface area contributed by atoms with Gasteiger partial charge in [0.2, 0.25) is 0 Å². The Kier molecular flexibility index (Phi) is 3.58. The molecule has 1 unspecified atom stereocenters. The molecule has 2 heterocycles. The quantitative estimate of drug-likeness (QED) is 0.511. The van der Waals surface area contributed by atoms with Crippen LogP contribution in [0.4, 0.5) is 0 Å². The van der Waals surface area contributed by atoms with E-state index >= 15 is 0 Å². The van der Waals surface area contributed by atoms with Crippen LogP contribution in [0.2, 0.25) is 0 Å². The molecule has 1 amide bonds. The summed E-state index contributed by atoms with van der Waals surface area (Å²) >= 11 is 0. The van der Waals surface area contributed by atoms with Gasteiger partial charge in [0.05, 0.1) is 12.3 Å². The highest BCUT2D eigenvalue weighted by molar-refractivity contribution is 5.90. The van der Waals surface area contributed by atoms with Gasteiger partial charge in [-0.25, -0.2) is 4.98 Å². The molecule has 1 aliphatic rings. The van der Waals surface area contributed by atoms with Gasteiger partial charge in [0.15, 0.2) is 0 Å². The average molecular weight is 254 g/mol. The fourth-order valence-corrected chi connectivity index (χ4v) is 1.89. The lowest BCUT2D eigenvalue weighted by atomic mass is 10.1. The molecule has 0 bridgehead atoms. The molecule has 4 atom stereocenters. The Balaban J connectivity index is 2.27. The van der Waals surface area contributed by atoms with E-state index in [2.05, 4.69) is 4.98 Å². The summed E-state index contributed by atoms with van der Waals surface area (Å²) in [7, 11) is 0. The normalized spacial score (nSPS) is 31.5. The van der Waals surface area contributed by atoms with Gasteiger partial charge in [-0.1, -0.05) is 6.07 Å². The van der Waals surface area contributed by atoms with E-state index in [9.17, 15) is 15.0 Å². The number of aromatic nitrogens is 1. The number of amides is 1. The molecule has 0 spiro atoms. The Morgan fingerprint density at radius 3 is 2.67 bits per heavy atom. The molecule has 7 heteroatoms. The maximum absolute atomic E-state index is 11.0. The van der Waals surface area contributed by atoms with E-state index in [1.807, 2.05) is 0 Å². The third-order valence-electron chi connectivity index (χ3n) is 2.86. The monoisotopic (exact) mass is 254 g/mol. The summed E-state index contributed by atoms with van der Waals surface area (Å²) in [6.07, 6.45) is -4.17. The second-order valence-corrected chi connectivity index (χ2v) is 4.07. The SMILES string of the molecule is NC(=O)c1cccc(C2O[C@H](CO)[C@@H](O)[C@H]2O)n1. The topological polar surface area (TPSA) is 126 Å². The molecule has 1 aromatic rings. The number of ether oxygens (including phenoxy) is 1. The van der Waals surface area contributed by atoms with Crippen LogP contribution < -0.4 is 5.73 Å². The molecule has 1 aromatic heterocycles. The summed E-state index contributed by atoms with van der Waals surface area (Å²) in [5, 5.41) is 28.4. The standard InChI is InChI=1S/C11H14N2O5/c12-11(17)6-3-1-2-5(13-6)10-9(16)8(15)7(4-14)18-10/h1-3,7-10,14-16H,4H2,(H2,12,17)/t7-,8-,9-,10?/m1/s1. The number of hydrogen-bond acceptors (Lipinski definition) is 6. The summed E-state index contributed by atoms with van der Waals surface area (Å²) in [4.78, 5) is 15.0. The highest BCUT2D eigenvalue weighted by atomic mass is 16.6. The molecular formula is C11H14N2O5. The fraction of sp³-hybridized carbons (Fsp3) is 0.455. The van der Waals surface area contributed by atoms with E-state index in [-0.39, 0.29) is 11.4 Å². The van der Waals surface area contributed by atoms with Gasteiger partial charge in [-0.05, 0) is 12.1 Å². The molecule has 5 N–H and O–H groups in total. The molecule has 1 saturated heterocycles. The summed E-state index contributed by atoms with van der Waals surface area (Å²) < 4.78 is 5.29. The van der Waals surface area contributed by atoms with E-state index in [1.54, 1.807) is 12.1 Å². The molecule has 0 radical (unpaired) electrons. The maximum atomic E-state index is 11.0. The Bertz CT molecular complexity index is 453. The van der Waals surface area contributed by atoms with E-state index in [0.717, 1.165) is 0 Å². The predicted octanol–water partition coefficient (Wildman–Crippen LogP) is -1.67. The highest BCUT2D eigenvalue weighted by Crippen LogP contribution is 2.32. The van der Waals surface area contributed by atoms with Crippen molar-refractivity contribution < 1.29 is 24.9 Å². The molecule has 1 aliphatic heterocycles. The Hall–Kier alpha value is -1.54. The molecule has 0 aliphatic carbocycles. The van der Waals surface area contributed by atoms with Crippen LogP contribution in [0.5, 0.6) is 0 Å². The van der Waals surface area contributed by atoms with Crippen LogP contribution in [0.25, 0.3) is 0 Å². The van der Waals surface area contributed by atoms with Crippen LogP contribution in [0, 0.1) is 0 Å². The van der Waals surface area contributed by atoms with Crippen LogP contribution in [0.15, 0.2) is 18.2 Å². The minimum atomic E-state index is -1.21. The van der Waals surface area contributed by atoms with Crippen molar-refractivity contribution in [1.82, 2.24) is 4.98 Å². The zero-order valence-corrected chi connectivity index (χ0v) is 9.43. The number of pyridine rings is 1. The molecule has 7 nitrogen and oxygen atoms in total. The first-order valence-corrected chi connectivity index (χ1v) is 5.43. The van der Waals surface area contributed by atoms with Gasteiger partial charge in [0, 0.05) is 0 Å². The van der Waals surface area contributed by atoms with Gasteiger partial charge in [0.1, 0.15) is 30.1 Å². The maximum Gasteiger partial charge on any atom is 0.267 e. The highest BCUT2D eigenvalue weighted by Gasteiger charge is 2.43. The number of aliphatic hydroxyl groups is 3. The minimum Gasteiger partial charge on any atom is -0.394 e. The van der Waals surface area contributed by atoms with Crippen molar-refractivity contribution in [3.05, 3.63) is 29.6 Å². The van der Waals surface area contributed by atoms with Crippen molar-refractivity contribution in [2.45, 2.75) is 24.4 Å². The second-order valence-electron chi connectivity index (χ2n) is 4.07. The van der Waals surface area contributed by atoms with Crippen molar-refractivity contribution in [2.75, 3.05) is 6.61 Å². The minimum absolute atomic E-state index is 0.0465.